The van der Waals surface area contributed by atoms with Crippen molar-refractivity contribution in [1.82, 2.24) is 5.32 Å². The van der Waals surface area contributed by atoms with Crippen molar-refractivity contribution in [1.29, 1.82) is 0 Å². The van der Waals surface area contributed by atoms with E-state index in [1.54, 1.807) is 19.2 Å². The van der Waals surface area contributed by atoms with E-state index >= 15 is 0 Å². The van der Waals surface area contributed by atoms with Crippen molar-refractivity contribution < 1.29 is 13.9 Å². The minimum absolute atomic E-state index is 0.233. The quantitative estimate of drug-likeness (QED) is 0.786. The maximum absolute atomic E-state index is 13.3. The molecule has 1 atom stereocenters. The molecule has 0 spiro atoms. The maximum Gasteiger partial charge on any atom is 0.126 e. The molecule has 0 radical (unpaired) electrons. The van der Waals surface area contributed by atoms with Crippen LogP contribution in [0.1, 0.15) is 36.8 Å². The summed E-state index contributed by atoms with van der Waals surface area (Å²) >= 11 is 0. The van der Waals surface area contributed by atoms with Crippen molar-refractivity contribution in [3.05, 3.63) is 47.3 Å². The zero-order valence-electron chi connectivity index (χ0n) is 15.9. The van der Waals surface area contributed by atoms with Crippen molar-refractivity contribution >= 4 is 0 Å². The molecule has 140 valence electrons. The third kappa shape index (κ3) is 4.18. The Hall–Kier alpha value is -2.07. The van der Waals surface area contributed by atoms with Crippen molar-refractivity contribution in [2.24, 2.45) is 0 Å². The van der Waals surface area contributed by atoms with Crippen molar-refractivity contribution in [2.75, 3.05) is 20.3 Å². The lowest BCUT2D eigenvalue weighted by Crippen LogP contribution is -2.35. The van der Waals surface area contributed by atoms with Crippen LogP contribution in [0, 0.1) is 19.7 Å². The Morgan fingerprint density at radius 2 is 1.81 bits per heavy atom. The summed E-state index contributed by atoms with van der Waals surface area (Å²) in [6.45, 7) is 5.86. The van der Waals surface area contributed by atoms with Crippen LogP contribution in [0.5, 0.6) is 11.5 Å². The van der Waals surface area contributed by atoms with Crippen LogP contribution in [-0.2, 0) is 0 Å². The molecule has 4 heteroatoms. The highest BCUT2D eigenvalue weighted by Crippen LogP contribution is 2.39. The van der Waals surface area contributed by atoms with Crippen LogP contribution in [-0.4, -0.2) is 26.3 Å². The maximum atomic E-state index is 13.3. The van der Waals surface area contributed by atoms with Crippen LogP contribution in [0.4, 0.5) is 4.39 Å². The average molecular weight is 357 g/mol. The van der Waals surface area contributed by atoms with E-state index in [0.717, 1.165) is 46.7 Å². The molecule has 0 saturated carbocycles. The zero-order valence-corrected chi connectivity index (χ0v) is 15.9. The van der Waals surface area contributed by atoms with Gasteiger partial charge in [0.1, 0.15) is 17.3 Å². The smallest absolute Gasteiger partial charge is 0.126 e. The second kappa shape index (κ2) is 8.54. The molecule has 0 bridgehead atoms. The van der Waals surface area contributed by atoms with E-state index < -0.39 is 0 Å². The van der Waals surface area contributed by atoms with Crippen LogP contribution in [0.2, 0.25) is 0 Å². The molecule has 1 aliphatic heterocycles. The summed E-state index contributed by atoms with van der Waals surface area (Å²) < 4.78 is 25.0. The molecule has 1 N–H and O–H groups in total. The fraction of sp³-hybridized carbons (Fsp3) is 0.455. The van der Waals surface area contributed by atoms with Gasteiger partial charge in [0.05, 0.1) is 13.7 Å². The van der Waals surface area contributed by atoms with E-state index in [2.05, 4.69) is 12.2 Å². The molecule has 1 saturated heterocycles. The van der Waals surface area contributed by atoms with Gasteiger partial charge in [-0.05, 0) is 74.0 Å². The van der Waals surface area contributed by atoms with Gasteiger partial charge >= 0.3 is 0 Å². The van der Waals surface area contributed by atoms with E-state index in [9.17, 15) is 4.39 Å². The predicted molar refractivity (Wildman–Crippen MR) is 104 cm³/mol. The Balaban J connectivity index is 1.83. The summed E-state index contributed by atoms with van der Waals surface area (Å²) in [6.07, 6.45) is 4.79. The highest BCUT2D eigenvalue weighted by atomic mass is 19.1. The Bertz CT molecular complexity index is 737. The third-order valence-corrected chi connectivity index (χ3v) is 5.24. The first-order valence-electron chi connectivity index (χ1n) is 9.40. The van der Waals surface area contributed by atoms with Crippen molar-refractivity contribution in [2.45, 2.75) is 45.6 Å². The van der Waals surface area contributed by atoms with Crippen molar-refractivity contribution in [3.63, 3.8) is 0 Å². The standard InChI is InChI=1S/C22H28FNO2/c1-15-20(25-3)14-21(26-13-11-19-6-4-5-12-24-19)16(2)22(15)17-7-9-18(23)10-8-17/h7-10,14,19,24H,4-6,11-13H2,1-3H3. The van der Waals surface area contributed by atoms with E-state index in [4.69, 9.17) is 9.47 Å². The lowest BCUT2D eigenvalue weighted by molar-refractivity contribution is 0.266. The number of methoxy groups -OCH3 is 1. The fourth-order valence-corrected chi connectivity index (χ4v) is 3.76. The van der Waals surface area contributed by atoms with Gasteiger partial charge in [-0.3, -0.25) is 0 Å². The minimum Gasteiger partial charge on any atom is -0.496 e. The summed E-state index contributed by atoms with van der Waals surface area (Å²) in [5, 5.41) is 3.55. The SMILES string of the molecule is COc1cc(OCCC2CCCCN2)c(C)c(-c2ccc(F)cc2)c1C. The Labute approximate surface area is 155 Å². The molecule has 1 heterocycles. The van der Waals surface area contributed by atoms with Crippen LogP contribution < -0.4 is 14.8 Å². The number of benzene rings is 2. The summed E-state index contributed by atoms with van der Waals surface area (Å²) in [7, 11) is 1.67. The monoisotopic (exact) mass is 357 g/mol. The molecule has 1 unspecified atom stereocenters. The van der Waals surface area contributed by atoms with Gasteiger partial charge in [-0.25, -0.2) is 4.39 Å². The summed E-state index contributed by atoms with van der Waals surface area (Å²) in [6, 6.07) is 9.10. The van der Waals surface area contributed by atoms with E-state index in [1.165, 1.54) is 31.4 Å². The molecule has 3 rings (SSSR count). The first kappa shape index (κ1) is 18.7. The number of nitrogens with one attached hydrogen (secondary N) is 1. The molecule has 2 aromatic carbocycles. The topological polar surface area (TPSA) is 30.5 Å². The molecule has 26 heavy (non-hydrogen) atoms. The van der Waals surface area contributed by atoms with Crippen LogP contribution in [0.25, 0.3) is 11.1 Å². The first-order chi connectivity index (χ1) is 12.6. The van der Waals surface area contributed by atoms with Gasteiger partial charge in [-0.15, -0.1) is 0 Å². The molecule has 1 fully saturated rings. The number of ether oxygens (including phenoxy) is 2. The third-order valence-electron chi connectivity index (χ3n) is 5.24. The number of hydrogen-bond acceptors (Lipinski definition) is 3. The highest BCUT2D eigenvalue weighted by molar-refractivity contribution is 5.76. The second-order valence-corrected chi connectivity index (χ2v) is 6.99. The Morgan fingerprint density at radius 3 is 2.46 bits per heavy atom. The molecular formula is C22H28FNO2. The van der Waals surface area contributed by atoms with Gasteiger partial charge in [-0.1, -0.05) is 18.6 Å². The number of piperidine rings is 1. The van der Waals surface area contributed by atoms with Crippen LogP contribution in [0.15, 0.2) is 30.3 Å². The molecule has 3 nitrogen and oxygen atoms in total. The number of rotatable bonds is 6. The van der Waals surface area contributed by atoms with Gasteiger partial charge < -0.3 is 14.8 Å². The van der Waals surface area contributed by atoms with Gasteiger partial charge in [0.2, 0.25) is 0 Å². The number of halogens is 1. The molecule has 1 aliphatic rings. The summed E-state index contributed by atoms with van der Waals surface area (Å²) in [5.41, 5.74) is 4.12. The summed E-state index contributed by atoms with van der Waals surface area (Å²) in [4.78, 5) is 0. The normalized spacial score (nSPS) is 17.2. The Morgan fingerprint density at radius 1 is 1.08 bits per heavy atom. The van der Waals surface area contributed by atoms with Gasteiger partial charge in [0.25, 0.3) is 0 Å². The lowest BCUT2D eigenvalue weighted by atomic mass is 9.94. The fourth-order valence-electron chi connectivity index (χ4n) is 3.76. The van der Waals surface area contributed by atoms with Crippen LogP contribution in [0.3, 0.4) is 0 Å². The van der Waals surface area contributed by atoms with E-state index in [-0.39, 0.29) is 5.82 Å². The molecule has 0 aromatic heterocycles. The largest absolute Gasteiger partial charge is 0.496 e. The van der Waals surface area contributed by atoms with Gasteiger partial charge in [0, 0.05) is 12.1 Å². The highest BCUT2D eigenvalue weighted by Gasteiger charge is 2.17. The molecule has 0 aliphatic carbocycles. The van der Waals surface area contributed by atoms with Crippen molar-refractivity contribution in [3.8, 4) is 22.6 Å². The van der Waals surface area contributed by atoms with Gasteiger partial charge in [-0.2, -0.15) is 0 Å². The van der Waals surface area contributed by atoms with Gasteiger partial charge in [0.15, 0.2) is 0 Å². The van der Waals surface area contributed by atoms with E-state index in [0.29, 0.717) is 12.6 Å². The molecular weight excluding hydrogens is 329 g/mol. The van der Waals surface area contributed by atoms with E-state index in [1.807, 2.05) is 13.0 Å². The summed E-state index contributed by atoms with van der Waals surface area (Å²) in [5.74, 6) is 1.40. The first-order valence-corrected chi connectivity index (χ1v) is 9.40. The molecule has 0 amide bonds. The lowest BCUT2D eigenvalue weighted by Gasteiger charge is -2.24. The molecule has 2 aromatic rings. The average Bonchev–Trinajstić information content (AvgIpc) is 2.66. The number of hydrogen-bond donors (Lipinski definition) is 1. The minimum atomic E-state index is -0.233. The zero-order chi connectivity index (χ0) is 18.5. The second-order valence-electron chi connectivity index (χ2n) is 6.99. The van der Waals surface area contributed by atoms with Crippen LogP contribution >= 0.6 is 0 Å². The Kier molecular flexibility index (Phi) is 6.15. The predicted octanol–water partition coefficient (Wildman–Crippen LogP) is 5.03.